The van der Waals surface area contributed by atoms with Gasteiger partial charge in [-0.05, 0) is 25.1 Å². The smallest absolute Gasteiger partial charge is 0.335 e. The van der Waals surface area contributed by atoms with Gasteiger partial charge in [0.15, 0.2) is 11.5 Å². The number of rotatable bonds is 4. The zero-order valence-corrected chi connectivity index (χ0v) is 10.5. The monoisotopic (exact) mass is 266 g/mol. The van der Waals surface area contributed by atoms with Crippen molar-refractivity contribution in [3.8, 4) is 16.7 Å². The predicted molar refractivity (Wildman–Crippen MR) is 64.7 cm³/mol. The maximum atomic E-state index is 10.9. The first-order valence-electron chi connectivity index (χ1n) is 4.99. The molecule has 0 aliphatic heterocycles. The maximum absolute atomic E-state index is 10.9. The molecule has 1 aromatic heterocycles. The quantitative estimate of drug-likeness (QED) is 0.914. The van der Waals surface area contributed by atoms with Gasteiger partial charge in [-0.3, -0.25) is 0 Å². The number of nitrogens with zero attached hydrogens (tertiary/aromatic N) is 2. The van der Waals surface area contributed by atoms with Gasteiger partial charge in [0, 0.05) is 0 Å². The van der Waals surface area contributed by atoms with Gasteiger partial charge in [-0.1, -0.05) is 16.4 Å². The van der Waals surface area contributed by atoms with Crippen molar-refractivity contribution in [3.05, 3.63) is 28.8 Å². The largest absolute Gasteiger partial charge is 0.493 e. The lowest BCUT2D eigenvalue weighted by Gasteiger charge is -2.08. The van der Waals surface area contributed by atoms with E-state index in [0.717, 1.165) is 5.01 Å². The minimum Gasteiger partial charge on any atom is -0.493 e. The topological polar surface area (TPSA) is 81.5 Å². The molecule has 1 aromatic carbocycles. The van der Waals surface area contributed by atoms with Crippen molar-refractivity contribution in [2.45, 2.75) is 6.92 Å². The van der Waals surface area contributed by atoms with Crippen molar-refractivity contribution in [1.82, 2.24) is 10.2 Å². The Balaban J connectivity index is 2.35. The number of aromatic nitrogens is 2. The van der Waals surface area contributed by atoms with E-state index in [0.29, 0.717) is 16.7 Å². The van der Waals surface area contributed by atoms with Crippen LogP contribution in [0.25, 0.3) is 0 Å². The van der Waals surface area contributed by atoms with Crippen molar-refractivity contribution in [2.75, 3.05) is 7.11 Å². The number of ether oxygens (including phenoxy) is 2. The highest BCUT2D eigenvalue weighted by molar-refractivity contribution is 7.13. The fourth-order valence-corrected chi connectivity index (χ4v) is 1.85. The second-order valence-electron chi connectivity index (χ2n) is 3.36. The first-order valence-corrected chi connectivity index (χ1v) is 5.81. The molecule has 0 atom stereocenters. The first-order chi connectivity index (χ1) is 8.60. The van der Waals surface area contributed by atoms with Crippen LogP contribution in [0.1, 0.15) is 15.4 Å². The van der Waals surface area contributed by atoms with Crippen LogP contribution in [0.4, 0.5) is 0 Å². The molecule has 0 saturated carbocycles. The summed E-state index contributed by atoms with van der Waals surface area (Å²) in [5.41, 5.74) is 0.118. The van der Waals surface area contributed by atoms with E-state index in [1.807, 2.05) is 0 Å². The van der Waals surface area contributed by atoms with Gasteiger partial charge in [0.25, 0.3) is 5.19 Å². The minimum absolute atomic E-state index is 0.118. The fourth-order valence-electron chi connectivity index (χ4n) is 1.30. The highest BCUT2D eigenvalue weighted by Gasteiger charge is 2.12. The van der Waals surface area contributed by atoms with E-state index in [9.17, 15) is 4.79 Å². The standard InChI is InChI=1S/C11H10N2O4S/c1-6-12-13-11(18-6)17-9-5-7(10(14)15)3-4-8(9)16-2/h3-5H,1-2H3,(H,14,15). The van der Waals surface area contributed by atoms with Crippen LogP contribution in [0.15, 0.2) is 18.2 Å². The zero-order chi connectivity index (χ0) is 13.1. The molecule has 0 bridgehead atoms. The molecular formula is C11H10N2O4S. The molecule has 0 aliphatic rings. The van der Waals surface area contributed by atoms with Crippen LogP contribution in [0, 0.1) is 6.92 Å². The molecule has 0 saturated heterocycles. The number of carbonyl (C=O) groups is 1. The molecule has 94 valence electrons. The normalized spacial score (nSPS) is 10.1. The lowest BCUT2D eigenvalue weighted by atomic mass is 10.2. The van der Waals surface area contributed by atoms with Crippen molar-refractivity contribution < 1.29 is 19.4 Å². The third-order valence-corrected chi connectivity index (χ3v) is 2.83. The Morgan fingerprint density at radius 3 is 2.67 bits per heavy atom. The van der Waals surface area contributed by atoms with Crippen LogP contribution in [0.2, 0.25) is 0 Å². The van der Waals surface area contributed by atoms with E-state index < -0.39 is 5.97 Å². The lowest BCUT2D eigenvalue weighted by Crippen LogP contribution is -1.98. The van der Waals surface area contributed by atoms with Gasteiger partial charge in [-0.25, -0.2) is 4.79 Å². The third kappa shape index (κ3) is 2.57. The number of hydrogen-bond acceptors (Lipinski definition) is 6. The summed E-state index contributed by atoms with van der Waals surface area (Å²) in [7, 11) is 1.48. The highest BCUT2D eigenvalue weighted by Crippen LogP contribution is 2.33. The number of aromatic carboxylic acids is 1. The Bertz CT molecular complexity index is 582. The molecule has 1 N–H and O–H groups in total. The van der Waals surface area contributed by atoms with Gasteiger partial charge < -0.3 is 14.6 Å². The van der Waals surface area contributed by atoms with E-state index in [-0.39, 0.29) is 5.56 Å². The second kappa shape index (κ2) is 5.01. The number of carboxylic acid groups (broad SMARTS) is 1. The number of hydrogen-bond donors (Lipinski definition) is 1. The summed E-state index contributed by atoms with van der Waals surface area (Å²) in [6.45, 7) is 1.80. The maximum Gasteiger partial charge on any atom is 0.335 e. The van der Waals surface area contributed by atoms with Crippen molar-refractivity contribution in [3.63, 3.8) is 0 Å². The summed E-state index contributed by atoms with van der Waals surface area (Å²) in [6, 6.07) is 4.37. The van der Waals surface area contributed by atoms with E-state index in [2.05, 4.69) is 10.2 Å². The van der Waals surface area contributed by atoms with E-state index in [1.165, 1.54) is 36.6 Å². The molecule has 0 radical (unpaired) electrons. The second-order valence-corrected chi connectivity index (χ2v) is 4.50. The minimum atomic E-state index is -1.03. The average molecular weight is 266 g/mol. The van der Waals surface area contributed by atoms with Gasteiger partial charge >= 0.3 is 5.97 Å². The van der Waals surface area contributed by atoms with Crippen LogP contribution in [0.3, 0.4) is 0 Å². The van der Waals surface area contributed by atoms with Gasteiger partial charge in [0.05, 0.1) is 12.7 Å². The van der Waals surface area contributed by atoms with E-state index in [4.69, 9.17) is 14.6 Å². The van der Waals surface area contributed by atoms with Crippen LogP contribution < -0.4 is 9.47 Å². The van der Waals surface area contributed by atoms with Gasteiger partial charge in [0.1, 0.15) is 5.01 Å². The molecule has 0 unspecified atom stereocenters. The van der Waals surface area contributed by atoms with E-state index in [1.54, 1.807) is 6.92 Å². The van der Waals surface area contributed by atoms with Crippen molar-refractivity contribution >= 4 is 17.3 Å². The van der Waals surface area contributed by atoms with Crippen LogP contribution >= 0.6 is 11.3 Å². The summed E-state index contributed by atoms with van der Waals surface area (Å²) >= 11 is 1.27. The molecule has 2 aromatic rings. The number of benzene rings is 1. The van der Waals surface area contributed by atoms with E-state index >= 15 is 0 Å². The molecular weight excluding hydrogens is 256 g/mol. The molecule has 18 heavy (non-hydrogen) atoms. The molecule has 6 nitrogen and oxygen atoms in total. The molecule has 0 aliphatic carbocycles. The Labute approximate surface area is 107 Å². The number of methoxy groups -OCH3 is 1. The highest BCUT2D eigenvalue weighted by atomic mass is 32.1. The summed E-state index contributed by atoms with van der Waals surface area (Å²) in [6.07, 6.45) is 0. The van der Waals surface area contributed by atoms with Gasteiger partial charge in [-0.2, -0.15) is 0 Å². The Kier molecular flexibility index (Phi) is 3.42. The molecule has 0 amide bonds. The first kappa shape index (κ1) is 12.3. The predicted octanol–water partition coefficient (Wildman–Crippen LogP) is 2.35. The van der Waals surface area contributed by atoms with Crippen LogP contribution in [-0.4, -0.2) is 28.4 Å². The summed E-state index contributed by atoms with van der Waals surface area (Å²) < 4.78 is 10.6. The Morgan fingerprint density at radius 2 is 2.11 bits per heavy atom. The van der Waals surface area contributed by atoms with Gasteiger partial charge in [-0.15, -0.1) is 5.10 Å². The number of carboxylic acids is 1. The molecule has 0 fully saturated rings. The van der Waals surface area contributed by atoms with Crippen molar-refractivity contribution in [1.29, 1.82) is 0 Å². The molecule has 7 heteroatoms. The molecule has 1 heterocycles. The molecule has 2 rings (SSSR count). The van der Waals surface area contributed by atoms with Crippen LogP contribution in [0.5, 0.6) is 16.7 Å². The fraction of sp³-hybridized carbons (Fsp3) is 0.182. The zero-order valence-electron chi connectivity index (χ0n) is 9.71. The summed E-state index contributed by atoms with van der Waals surface area (Å²) in [5, 5.41) is 17.6. The third-order valence-electron chi connectivity index (χ3n) is 2.12. The summed E-state index contributed by atoms with van der Waals surface area (Å²) in [5.74, 6) is -0.294. The van der Waals surface area contributed by atoms with Crippen molar-refractivity contribution in [2.24, 2.45) is 0 Å². The average Bonchev–Trinajstić information content (AvgIpc) is 2.74. The lowest BCUT2D eigenvalue weighted by molar-refractivity contribution is 0.0696. The number of aryl methyl sites for hydroxylation is 1. The SMILES string of the molecule is COc1ccc(C(=O)O)cc1Oc1nnc(C)s1. The Hall–Kier alpha value is -2.15. The summed E-state index contributed by atoms with van der Waals surface area (Å²) in [4.78, 5) is 10.9. The van der Waals surface area contributed by atoms with Crippen LogP contribution in [-0.2, 0) is 0 Å². The molecule has 0 spiro atoms. The Morgan fingerprint density at radius 1 is 1.33 bits per heavy atom. The van der Waals surface area contributed by atoms with Gasteiger partial charge in [0.2, 0.25) is 0 Å².